The molecule has 1 fully saturated rings. The zero-order valence-corrected chi connectivity index (χ0v) is 18.8. The molecule has 31 heavy (non-hydrogen) atoms. The fourth-order valence-electron chi connectivity index (χ4n) is 2.83. The van der Waals surface area contributed by atoms with E-state index in [4.69, 9.17) is 14.4 Å². The fraction of sp³-hybridized carbons (Fsp3) is 0.500. The summed E-state index contributed by atoms with van der Waals surface area (Å²) in [6.45, 7) is 13.5. The second-order valence-electron chi connectivity index (χ2n) is 8.31. The van der Waals surface area contributed by atoms with Crippen molar-refractivity contribution in [3.8, 4) is 0 Å². The number of amides is 1. The quantitative estimate of drug-likeness (QED) is 0.290. The van der Waals surface area contributed by atoms with Gasteiger partial charge in [-0.15, -0.1) is 0 Å². The smallest absolute Gasteiger partial charge is 0.465 e. The van der Waals surface area contributed by atoms with E-state index in [1.807, 2.05) is 27.7 Å². The Bertz CT molecular complexity index is 918. The topological polar surface area (TPSA) is 120 Å². The van der Waals surface area contributed by atoms with Crippen molar-refractivity contribution in [3.05, 3.63) is 52.5 Å². The Hall–Kier alpha value is -2.92. The van der Waals surface area contributed by atoms with Crippen molar-refractivity contribution in [2.24, 2.45) is 0 Å². The summed E-state index contributed by atoms with van der Waals surface area (Å²) in [5, 5.41) is 24.6. The third-order valence-corrected chi connectivity index (χ3v) is 5.56. The number of likely N-dealkylation sites (N-methyl/N-ethyl adjacent to an activating group) is 1. The first-order valence-corrected chi connectivity index (χ1v) is 9.84. The van der Waals surface area contributed by atoms with Crippen molar-refractivity contribution in [3.63, 3.8) is 0 Å². The van der Waals surface area contributed by atoms with Crippen molar-refractivity contribution < 1.29 is 24.1 Å². The van der Waals surface area contributed by atoms with Crippen LogP contribution in [0.15, 0.2) is 36.7 Å². The molecule has 1 saturated heterocycles. The highest BCUT2D eigenvalue weighted by Crippen LogP contribution is 2.37. The average Bonchev–Trinajstić information content (AvgIpc) is 3.17. The summed E-state index contributed by atoms with van der Waals surface area (Å²) in [6.07, 6.45) is 5.37. The zero-order chi connectivity index (χ0) is 23.6. The highest BCUT2D eigenvalue weighted by molar-refractivity contribution is 6.63. The fourth-order valence-corrected chi connectivity index (χ4v) is 2.83. The summed E-state index contributed by atoms with van der Waals surface area (Å²) < 4.78 is 14.0. The molecule has 1 amide bonds. The van der Waals surface area contributed by atoms with Crippen LogP contribution >= 0.6 is 0 Å². The number of carbonyl (C=O) groups is 1. The SMILES string of the molecule is C=C(/C=C\C(=CC)c1nn(CCN(C)C(=O)O)cc1B1OC(C)(C)C(C)(C)O1)[N+](=O)[O-]. The van der Waals surface area contributed by atoms with Gasteiger partial charge in [-0.3, -0.25) is 14.8 Å². The van der Waals surface area contributed by atoms with Gasteiger partial charge in [0.05, 0.1) is 28.4 Å². The van der Waals surface area contributed by atoms with Gasteiger partial charge in [-0.1, -0.05) is 6.08 Å². The average molecular weight is 432 g/mol. The highest BCUT2D eigenvalue weighted by atomic mass is 16.7. The molecule has 11 heteroatoms. The van der Waals surface area contributed by atoms with Gasteiger partial charge in [-0.05, 0) is 52.8 Å². The lowest BCUT2D eigenvalue weighted by Crippen LogP contribution is -2.41. The first-order valence-electron chi connectivity index (χ1n) is 9.84. The Labute approximate surface area is 182 Å². The third-order valence-electron chi connectivity index (χ3n) is 5.56. The van der Waals surface area contributed by atoms with E-state index in [1.165, 1.54) is 13.1 Å². The molecule has 1 aliphatic heterocycles. The van der Waals surface area contributed by atoms with E-state index in [2.05, 4.69) is 11.7 Å². The molecule has 0 bridgehead atoms. The second kappa shape index (κ2) is 9.07. The molecule has 0 aliphatic carbocycles. The molecule has 0 unspecified atom stereocenters. The molecule has 0 spiro atoms. The molecule has 168 valence electrons. The molecule has 2 heterocycles. The third kappa shape index (κ3) is 5.42. The van der Waals surface area contributed by atoms with E-state index < -0.39 is 29.3 Å². The molecule has 0 atom stereocenters. The molecule has 2 rings (SSSR count). The Morgan fingerprint density at radius 2 is 1.94 bits per heavy atom. The lowest BCUT2D eigenvalue weighted by Gasteiger charge is -2.32. The first kappa shape index (κ1) is 24.4. The molecule has 1 N–H and O–H groups in total. The van der Waals surface area contributed by atoms with Crippen LogP contribution in [-0.4, -0.2) is 62.7 Å². The van der Waals surface area contributed by atoms with E-state index in [1.54, 1.807) is 30.0 Å². The van der Waals surface area contributed by atoms with Crippen molar-refractivity contribution in [2.75, 3.05) is 13.6 Å². The van der Waals surface area contributed by atoms with Crippen molar-refractivity contribution >= 4 is 24.2 Å². The van der Waals surface area contributed by atoms with E-state index in [0.717, 1.165) is 4.90 Å². The zero-order valence-electron chi connectivity index (χ0n) is 18.8. The van der Waals surface area contributed by atoms with Crippen LogP contribution < -0.4 is 5.46 Å². The maximum absolute atomic E-state index is 11.1. The van der Waals surface area contributed by atoms with Crippen LogP contribution in [0.5, 0.6) is 0 Å². The molecule has 0 aromatic carbocycles. The number of rotatable bonds is 8. The van der Waals surface area contributed by atoms with Crippen LogP contribution in [0.25, 0.3) is 5.57 Å². The molecule has 1 aliphatic rings. The van der Waals surface area contributed by atoms with Crippen LogP contribution in [-0.2, 0) is 15.9 Å². The minimum atomic E-state index is -1.03. The van der Waals surface area contributed by atoms with Gasteiger partial charge in [0.15, 0.2) is 0 Å². The first-order chi connectivity index (χ1) is 14.3. The molecule has 1 aromatic heterocycles. The lowest BCUT2D eigenvalue weighted by atomic mass is 9.78. The summed E-state index contributed by atoms with van der Waals surface area (Å²) in [5.74, 6) is 0. The molecular weight excluding hydrogens is 403 g/mol. The number of allylic oxidation sites excluding steroid dienone is 4. The van der Waals surface area contributed by atoms with Gasteiger partial charge < -0.3 is 19.3 Å². The van der Waals surface area contributed by atoms with E-state index in [9.17, 15) is 14.9 Å². The summed E-state index contributed by atoms with van der Waals surface area (Å²) in [5.41, 5.74) is 0.434. The number of nitro groups is 1. The molecule has 0 saturated carbocycles. The normalized spacial score (nSPS) is 17.9. The molecule has 10 nitrogen and oxygen atoms in total. The monoisotopic (exact) mass is 432 g/mol. The van der Waals surface area contributed by atoms with Gasteiger partial charge in [-0.2, -0.15) is 5.10 Å². The number of carboxylic acid groups (broad SMARTS) is 1. The van der Waals surface area contributed by atoms with Crippen LogP contribution in [0.1, 0.15) is 40.3 Å². The van der Waals surface area contributed by atoms with Crippen molar-refractivity contribution in [1.29, 1.82) is 0 Å². The van der Waals surface area contributed by atoms with Gasteiger partial charge in [0.25, 0.3) is 5.70 Å². The predicted octanol–water partition coefficient (Wildman–Crippen LogP) is 2.54. The molecular formula is C20H29BN4O6. The standard InChI is InChI=1S/C20H29BN4O6/c1-8-15(10-9-14(2)25(28)29)17-16(21-30-19(3,4)20(5,6)31-21)13-24(22-17)12-11-23(7)18(26)27/h8-10,13H,2,11-12H2,1,3-7H3,(H,26,27)/b10-9-,15-8?. The Balaban J connectivity index is 2.43. The molecule has 0 radical (unpaired) electrons. The van der Waals surface area contributed by atoms with Crippen molar-refractivity contribution in [2.45, 2.75) is 52.4 Å². The number of aromatic nitrogens is 2. The lowest BCUT2D eigenvalue weighted by molar-refractivity contribution is -0.418. The van der Waals surface area contributed by atoms with Crippen LogP contribution in [0.4, 0.5) is 4.79 Å². The Morgan fingerprint density at radius 3 is 2.42 bits per heavy atom. The largest absolute Gasteiger partial charge is 0.498 e. The number of hydrogen-bond donors (Lipinski definition) is 1. The summed E-state index contributed by atoms with van der Waals surface area (Å²) >= 11 is 0. The Morgan fingerprint density at radius 1 is 1.35 bits per heavy atom. The van der Waals surface area contributed by atoms with Gasteiger partial charge >= 0.3 is 13.2 Å². The van der Waals surface area contributed by atoms with E-state index in [0.29, 0.717) is 23.3 Å². The van der Waals surface area contributed by atoms with E-state index in [-0.39, 0.29) is 12.2 Å². The Kier molecular flexibility index (Phi) is 7.12. The maximum atomic E-state index is 11.1. The van der Waals surface area contributed by atoms with Gasteiger partial charge in [0.1, 0.15) is 0 Å². The maximum Gasteiger partial charge on any atom is 0.498 e. The van der Waals surface area contributed by atoms with Crippen LogP contribution in [0.2, 0.25) is 0 Å². The van der Waals surface area contributed by atoms with Gasteiger partial charge in [0, 0.05) is 31.3 Å². The van der Waals surface area contributed by atoms with Crippen LogP contribution in [0.3, 0.4) is 0 Å². The number of hydrogen-bond acceptors (Lipinski definition) is 6. The second-order valence-corrected chi connectivity index (χ2v) is 8.31. The van der Waals surface area contributed by atoms with Crippen molar-refractivity contribution in [1.82, 2.24) is 14.7 Å². The van der Waals surface area contributed by atoms with Crippen LogP contribution in [0, 0.1) is 10.1 Å². The predicted molar refractivity (Wildman–Crippen MR) is 118 cm³/mol. The minimum absolute atomic E-state index is 0.235. The van der Waals surface area contributed by atoms with Gasteiger partial charge in [0.2, 0.25) is 0 Å². The summed E-state index contributed by atoms with van der Waals surface area (Å²) in [4.78, 5) is 22.6. The number of nitrogens with zero attached hydrogens (tertiary/aromatic N) is 4. The summed E-state index contributed by atoms with van der Waals surface area (Å²) in [6, 6.07) is 0. The van der Waals surface area contributed by atoms with Gasteiger partial charge in [-0.25, -0.2) is 4.79 Å². The minimum Gasteiger partial charge on any atom is -0.465 e. The van der Waals surface area contributed by atoms with E-state index >= 15 is 0 Å². The highest BCUT2D eigenvalue weighted by Gasteiger charge is 2.52. The molecule has 1 aromatic rings. The summed E-state index contributed by atoms with van der Waals surface area (Å²) in [7, 11) is 0.776.